The van der Waals surface area contributed by atoms with E-state index in [2.05, 4.69) is 10.1 Å². The molecule has 1 amide bonds. The van der Waals surface area contributed by atoms with Crippen LogP contribution in [0.1, 0.15) is 34.8 Å². The van der Waals surface area contributed by atoms with E-state index in [1.165, 1.54) is 0 Å². The fraction of sp³-hybridized carbons (Fsp3) is 0.211. The third-order valence-electron chi connectivity index (χ3n) is 4.45. The summed E-state index contributed by atoms with van der Waals surface area (Å²) in [5, 5.41) is 4.34. The third kappa shape index (κ3) is 2.69. The first-order valence-corrected chi connectivity index (χ1v) is 8.14. The van der Waals surface area contributed by atoms with Gasteiger partial charge in [0, 0.05) is 25.1 Å². The van der Waals surface area contributed by atoms with Crippen LogP contribution in [-0.4, -0.2) is 32.1 Å². The Kier molecular flexibility index (Phi) is 3.83. The number of likely N-dealkylation sites (tertiary alicyclic amines) is 1. The summed E-state index contributed by atoms with van der Waals surface area (Å²) >= 11 is 0. The van der Waals surface area contributed by atoms with Crippen molar-refractivity contribution in [2.75, 3.05) is 6.54 Å². The number of amides is 1. The Hall–Kier alpha value is -2.95. The summed E-state index contributed by atoms with van der Waals surface area (Å²) in [5.74, 6) is 0.0384. The Labute approximate surface area is 140 Å². The van der Waals surface area contributed by atoms with E-state index in [1.54, 1.807) is 29.5 Å². The number of hydrogen-bond acceptors (Lipinski definition) is 3. The van der Waals surface area contributed by atoms with E-state index in [0.717, 1.165) is 30.6 Å². The Morgan fingerprint density at radius 3 is 2.67 bits per heavy atom. The number of rotatable bonds is 3. The normalized spacial score (nSPS) is 17.2. The van der Waals surface area contributed by atoms with Crippen LogP contribution >= 0.6 is 0 Å². The first-order chi connectivity index (χ1) is 11.8. The second-order valence-electron chi connectivity index (χ2n) is 5.95. The standard InChI is InChI=1S/C19H18N4O/c24-19(16-13-21-23(14-16)17-5-2-1-3-6-17)22-12-4-7-18(22)15-8-10-20-11-9-15/h1-3,5-6,8-11,13-14,18H,4,7,12H2/t18-/m1/s1. The molecule has 0 unspecified atom stereocenters. The monoisotopic (exact) mass is 318 g/mol. The van der Waals surface area contributed by atoms with Gasteiger partial charge in [-0.3, -0.25) is 9.78 Å². The van der Waals surface area contributed by atoms with Crippen LogP contribution in [0.15, 0.2) is 67.3 Å². The van der Waals surface area contributed by atoms with Crippen molar-refractivity contribution < 1.29 is 4.79 Å². The lowest BCUT2D eigenvalue weighted by Crippen LogP contribution is -2.30. The zero-order valence-electron chi connectivity index (χ0n) is 13.2. The fourth-order valence-electron chi connectivity index (χ4n) is 3.26. The Morgan fingerprint density at radius 1 is 1.08 bits per heavy atom. The Morgan fingerprint density at radius 2 is 1.88 bits per heavy atom. The van der Waals surface area contributed by atoms with Crippen LogP contribution in [0.5, 0.6) is 0 Å². The first kappa shape index (κ1) is 14.6. The molecule has 1 atom stereocenters. The molecule has 5 heteroatoms. The van der Waals surface area contributed by atoms with Gasteiger partial charge in [-0.2, -0.15) is 5.10 Å². The molecule has 5 nitrogen and oxygen atoms in total. The summed E-state index contributed by atoms with van der Waals surface area (Å²) in [6.07, 6.45) is 9.03. The molecule has 1 saturated heterocycles. The number of para-hydroxylation sites is 1. The van der Waals surface area contributed by atoms with Gasteiger partial charge in [0.25, 0.3) is 5.91 Å². The molecule has 2 aromatic heterocycles. The summed E-state index contributed by atoms with van der Waals surface area (Å²) in [7, 11) is 0. The van der Waals surface area contributed by atoms with Crippen molar-refractivity contribution in [1.29, 1.82) is 0 Å². The van der Waals surface area contributed by atoms with Crippen LogP contribution in [0.3, 0.4) is 0 Å². The van der Waals surface area contributed by atoms with Gasteiger partial charge in [0.2, 0.25) is 0 Å². The zero-order valence-corrected chi connectivity index (χ0v) is 13.2. The number of nitrogens with zero attached hydrogens (tertiary/aromatic N) is 4. The molecular weight excluding hydrogens is 300 g/mol. The van der Waals surface area contributed by atoms with Crippen LogP contribution in [-0.2, 0) is 0 Å². The number of benzene rings is 1. The quantitative estimate of drug-likeness (QED) is 0.745. The molecule has 1 aliphatic rings. The number of hydrogen-bond donors (Lipinski definition) is 0. The van der Waals surface area contributed by atoms with Crippen LogP contribution in [0, 0.1) is 0 Å². The maximum atomic E-state index is 12.9. The van der Waals surface area contributed by atoms with Gasteiger partial charge in [-0.1, -0.05) is 18.2 Å². The molecule has 1 aliphatic heterocycles. The minimum absolute atomic E-state index is 0.0384. The van der Waals surface area contributed by atoms with Gasteiger partial charge in [0.05, 0.1) is 23.5 Å². The summed E-state index contributed by atoms with van der Waals surface area (Å²) in [5.41, 5.74) is 2.72. The lowest BCUT2D eigenvalue weighted by Gasteiger charge is -2.24. The largest absolute Gasteiger partial charge is 0.332 e. The second-order valence-corrected chi connectivity index (χ2v) is 5.95. The molecule has 0 N–H and O–H groups in total. The smallest absolute Gasteiger partial charge is 0.257 e. The van der Waals surface area contributed by atoms with E-state index in [-0.39, 0.29) is 11.9 Å². The maximum Gasteiger partial charge on any atom is 0.257 e. The van der Waals surface area contributed by atoms with Crippen molar-refractivity contribution in [1.82, 2.24) is 19.7 Å². The van der Waals surface area contributed by atoms with Crippen LogP contribution in [0.2, 0.25) is 0 Å². The Balaban J connectivity index is 1.58. The molecule has 0 saturated carbocycles. The lowest BCUT2D eigenvalue weighted by molar-refractivity contribution is 0.0735. The van der Waals surface area contributed by atoms with Gasteiger partial charge < -0.3 is 4.90 Å². The van der Waals surface area contributed by atoms with Crippen LogP contribution in [0.25, 0.3) is 5.69 Å². The van der Waals surface area contributed by atoms with Gasteiger partial charge in [-0.15, -0.1) is 0 Å². The summed E-state index contributed by atoms with van der Waals surface area (Å²) in [6.45, 7) is 0.780. The average Bonchev–Trinajstić information content (AvgIpc) is 3.32. The number of pyridine rings is 1. The molecular formula is C19H18N4O. The SMILES string of the molecule is O=C(c1cnn(-c2ccccc2)c1)N1CCC[C@@H]1c1ccncc1. The number of carbonyl (C=O) groups excluding carboxylic acids is 1. The van der Waals surface area contributed by atoms with Gasteiger partial charge >= 0.3 is 0 Å². The highest BCUT2D eigenvalue weighted by molar-refractivity contribution is 5.94. The molecule has 3 aromatic rings. The Bertz CT molecular complexity index is 829. The van der Waals surface area contributed by atoms with Gasteiger partial charge in [-0.05, 0) is 42.7 Å². The van der Waals surface area contributed by atoms with E-state index in [9.17, 15) is 4.79 Å². The van der Waals surface area contributed by atoms with Crippen molar-refractivity contribution in [3.8, 4) is 5.69 Å². The lowest BCUT2D eigenvalue weighted by atomic mass is 10.1. The summed E-state index contributed by atoms with van der Waals surface area (Å²) < 4.78 is 1.74. The molecule has 1 aromatic carbocycles. The maximum absolute atomic E-state index is 12.9. The molecule has 1 fully saturated rings. The van der Waals surface area contributed by atoms with Crippen molar-refractivity contribution in [2.45, 2.75) is 18.9 Å². The molecule has 0 bridgehead atoms. The van der Waals surface area contributed by atoms with Crippen LogP contribution in [0.4, 0.5) is 0 Å². The molecule has 120 valence electrons. The van der Waals surface area contributed by atoms with Crippen LogP contribution < -0.4 is 0 Å². The molecule has 3 heterocycles. The van der Waals surface area contributed by atoms with Crippen molar-refractivity contribution in [3.05, 3.63) is 78.4 Å². The zero-order chi connectivity index (χ0) is 16.4. The van der Waals surface area contributed by atoms with Gasteiger partial charge in [0.15, 0.2) is 0 Å². The van der Waals surface area contributed by atoms with E-state index in [4.69, 9.17) is 0 Å². The van der Waals surface area contributed by atoms with Gasteiger partial charge in [-0.25, -0.2) is 4.68 Å². The highest BCUT2D eigenvalue weighted by Crippen LogP contribution is 2.32. The average molecular weight is 318 g/mol. The summed E-state index contributed by atoms with van der Waals surface area (Å²) in [4.78, 5) is 18.9. The number of aromatic nitrogens is 3. The third-order valence-corrected chi connectivity index (χ3v) is 4.45. The van der Waals surface area contributed by atoms with Crippen molar-refractivity contribution >= 4 is 5.91 Å². The molecule has 24 heavy (non-hydrogen) atoms. The van der Waals surface area contributed by atoms with Crippen molar-refractivity contribution in [2.24, 2.45) is 0 Å². The second kappa shape index (κ2) is 6.28. The number of carbonyl (C=O) groups is 1. The van der Waals surface area contributed by atoms with Gasteiger partial charge in [0.1, 0.15) is 0 Å². The van der Waals surface area contributed by atoms with E-state index in [0.29, 0.717) is 5.56 Å². The predicted molar refractivity (Wildman–Crippen MR) is 90.8 cm³/mol. The fourth-order valence-corrected chi connectivity index (χ4v) is 3.26. The van der Waals surface area contributed by atoms with E-state index >= 15 is 0 Å². The molecule has 4 rings (SSSR count). The van der Waals surface area contributed by atoms with Crippen molar-refractivity contribution in [3.63, 3.8) is 0 Å². The highest BCUT2D eigenvalue weighted by Gasteiger charge is 2.31. The molecule has 0 aliphatic carbocycles. The minimum Gasteiger partial charge on any atom is -0.332 e. The minimum atomic E-state index is 0.0384. The summed E-state index contributed by atoms with van der Waals surface area (Å²) in [6, 6.07) is 13.9. The molecule has 0 spiro atoms. The predicted octanol–water partition coefficient (Wildman–Crippen LogP) is 3.24. The molecule has 0 radical (unpaired) electrons. The van der Waals surface area contributed by atoms with E-state index in [1.807, 2.05) is 47.4 Å². The van der Waals surface area contributed by atoms with E-state index < -0.39 is 0 Å². The first-order valence-electron chi connectivity index (χ1n) is 8.14. The topological polar surface area (TPSA) is 51.0 Å². The highest BCUT2D eigenvalue weighted by atomic mass is 16.2.